The fourth-order valence-corrected chi connectivity index (χ4v) is 2.53. The van der Waals surface area contributed by atoms with Crippen molar-refractivity contribution >= 4 is 46.7 Å². The van der Waals surface area contributed by atoms with Crippen LogP contribution in [0, 0.1) is 6.92 Å². The third-order valence-corrected chi connectivity index (χ3v) is 3.64. The second-order valence-corrected chi connectivity index (χ2v) is 6.32. The predicted molar refractivity (Wildman–Crippen MR) is 107 cm³/mol. The Bertz CT molecular complexity index is 949. The van der Waals surface area contributed by atoms with Crippen molar-refractivity contribution in [2.75, 3.05) is 17.2 Å². The van der Waals surface area contributed by atoms with Gasteiger partial charge in [0, 0.05) is 28.5 Å². The summed E-state index contributed by atoms with van der Waals surface area (Å²) in [7, 11) is 0. The maximum absolute atomic E-state index is 12.0. The molecule has 0 aromatic heterocycles. The van der Waals surface area contributed by atoms with Gasteiger partial charge in [0.25, 0.3) is 5.91 Å². The van der Waals surface area contributed by atoms with Gasteiger partial charge in [0.1, 0.15) is 0 Å². The Balaban J connectivity index is 1.86. The summed E-state index contributed by atoms with van der Waals surface area (Å²) in [5.41, 5.74) is 1.90. The second-order valence-electron chi connectivity index (χ2n) is 5.88. The molecule has 2 aromatic rings. The van der Waals surface area contributed by atoms with Crippen LogP contribution in [0.2, 0.25) is 5.02 Å². The van der Waals surface area contributed by atoms with Gasteiger partial charge in [0.2, 0.25) is 5.91 Å². The highest BCUT2D eigenvalue weighted by Crippen LogP contribution is 2.18. The van der Waals surface area contributed by atoms with Crippen LogP contribution >= 0.6 is 11.6 Å². The summed E-state index contributed by atoms with van der Waals surface area (Å²) in [5, 5.41) is 14.0. The SMILES string of the molecule is Cc1cc(Cl)cc(NC(=O)COC(=O)c2ccc(NC(=O)/C=C/C(=O)O)cc2)c1. The summed E-state index contributed by atoms with van der Waals surface area (Å²) in [6.07, 6.45) is 1.57. The van der Waals surface area contributed by atoms with Crippen LogP contribution in [0.4, 0.5) is 11.4 Å². The Hall–Kier alpha value is -3.65. The number of nitrogens with one attached hydrogen (secondary N) is 2. The van der Waals surface area contributed by atoms with Crippen molar-refractivity contribution in [1.29, 1.82) is 0 Å². The molecule has 2 aromatic carbocycles. The maximum atomic E-state index is 12.0. The highest BCUT2D eigenvalue weighted by atomic mass is 35.5. The number of amides is 2. The molecule has 0 aliphatic carbocycles. The Morgan fingerprint density at radius 3 is 2.31 bits per heavy atom. The van der Waals surface area contributed by atoms with Gasteiger partial charge >= 0.3 is 11.9 Å². The molecule has 0 spiro atoms. The van der Waals surface area contributed by atoms with E-state index < -0.39 is 30.4 Å². The van der Waals surface area contributed by atoms with Gasteiger partial charge in [-0.15, -0.1) is 0 Å². The molecule has 9 heteroatoms. The van der Waals surface area contributed by atoms with Crippen LogP contribution in [0.1, 0.15) is 15.9 Å². The summed E-state index contributed by atoms with van der Waals surface area (Å²) >= 11 is 5.92. The van der Waals surface area contributed by atoms with E-state index in [-0.39, 0.29) is 5.56 Å². The minimum absolute atomic E-state index is 0.176. The van der Waals surface area contributed by atoms with E-state index in [2.05, 4.69) is 10.6 Å². The zero-order valence-corrected chi connectivity index (χ0v) is 16.0. The average Bonchev–Trinajstić information content (AvgIpc) is 2.64. The number of ether oxygens (including phenoxy) is 1. The third kappa shape index (κ3) is 7.47. The van der Waals surface area contributed by atoms with Crippen molar-refractivity contribution < 1.29 is 29.0 Å². The summed E-state index contributed by atoms with van der Waals surface area (Å²) in [6, 6.07) is 10.7. The molecule has 150 valence electrons. The minimum atomic E-state index is -1.24. The summed E-state index contributed by atoms with van der Waals surface area (Å²) in [6.45, 7) is 1.35. The number of esters is 1. The molecule has 0 saturated carbocycles. The Morgan fingerprint density at radius 2 is 1.69 bits per heavy atom. The van der Waals surface area contributed by atoms with Crippen LogP contribution in [0.15, 0.2) is 54.6 Å². The van der Waals surface area contributed by atoms with E-state index in [1.54, 1.807) is 18.2 Å². The molecule has 0 aliphatic heterocycles. The van der Waals surface area contributed by atoms with Crippen molar-refractivity contribution in [3.05, 3.63) is 70.8 Å². The Kier molecular flexibility index (Phi) is 7.50. The molecular weight excluding hydrogens is 400 g/mol. The number of hydrogen-bond acceptors (Lipinski definition) is 5. The fraction of sp³-hybridized carbons (Fsp3) is 0.100. The fourth-order valence-electron chi connectivity index (χ4n) is 2.24. The number of rotatable bonds is 7. The highest BCUT2D eigenvalue weighted by molar-refractivity contribution is 6.31. The first kappa shape index (κ1) is 21.6. The van der Waals surface area contributed by atoms with E-state index in [0.29, 0.717) is 22.5 Å². The second kappa shape index (κ2) is 10.0. The third-order valence-electron chi connectivity index (χ3n) is 3.43. The molecule has 0 unspecified atom stereocenters. The van der Waals surface area contributed by atoms with Gasteiger partial charge in [-0.25, -0.2) is 9.59 Å². The molecule has 0 aliphatic rings. The van der Waals surface area contributed by atoms with Crippen LogP contribution < -0.4 is 10.6 Å². The van der Waals surface area contributed by atoms with Gasteiger partial charge in [-0.3, -0.25) is 9.59 Å². The van der Waals surface area contributed by atoms with E-state index in [1.807, 2.05) is 6.92 Å². The first-order valence-corrected chi connectivity index (χ1v) is 8.67. The normalized spacial score (nSPS) is 10.4. The lowest BCUT2D eigenvalue weighted by Crippen LogP contribution is -2.21. The first-order valence-electron chi connectivity index (χ1n) is 8.29. The lowest BCUT2D eigenvalue weighted by Gasteiger charge is -2.08. The standard InChI is InChI=1S/C20H17ClN2O6/c1-12-8-14(21)10-16(9-12)23-18(25)11-29-20(28)13-2-4-15(5-3-13)22-17(24)6-7-19(26)27/h2-10H,11H2,1H3,(H,22,24)(H,23,25)(H,26,27)/b7-6+. The quantitative estimate of drug-likeness (QED) is 0.471. The first-order chi connectivity index (χ1) is 13.7. The van der Waals surface area contributed by atoms with Crippen LogP contribution in [0.3, 0.4) is 0 Å². The smallest absolute Gasteiger partial charge is 0.338 e. The molecule has 29 heavy (non-hydrogen) atoms. The number of carboxylic acid groups (broad SMARTS) is 1. The highest BCUT2D eigenvalue weighted by Gasteiger charge is 2.11. The predicted octanol–water partition coefficient (Wildman–Crippen LogP) is 3.02. The molecule has 0 saturated heterocycles. The monoisotopic (exact) mass is 416 g/mol. The molecule has 0 fully saturated rings. The van der Waals surface area contributed by atoms with Gasteiger partial charge in [-0.1, -0.05) is 11.6 Å². The van der Waals surface area contributed by atoms with Crippen LogP contribution in [-0.4, -0.2) is 35.5 Å². The van der Waals surface area contributed by atoms with Crippen LogP contribution in [0.5, 0.6) is 0 Å². The number of carbonyl (C=O) groups excluding carboxylic acids is 3. The van der Waals surface area contributed by atoms with E-state index >= 15 is 0 Å². The largest absolute Gasteiger partial charge is 0.478 e. The number of benzene rings is 2. The number of aliphatic carboxylic acids is 1. The van der Waals surface area contributed by atoms with Gasteiger partial charge in [-0.2, -0.15) is 0 Å². The lowest BCUT2D eigenvalue weighted by molar-refractivity contribution is -0.131. The molecular formula is C20H17ClN2O6. The Labute approximate surface area is 171 Å². The molecule has 0 bridgehead atoms. The van der Waals surface area contributed by atoms with E-state index in [0.717, 1.165) is 11.6 Å². The topological polar surface area (TPSA) is 122 Å². The molecule has 0 radical (unpaired) electrons. The minimum Gasteiger partial charge on any atom is -0.478 e. The van der Waals surface area contributed by atoms with Gasteiger partial charge < -0.3 is 20.5 Å². The number of carbonyl (C=O) groups is 4. The van der Waals surface area contributed by atoms with Crippen molar-refractivity contribution in [3.63, 3.8) is 0 Å². The van der Waals surface area contributed by atoms with E-state index in [9.17, 15) is 19.2 Å². The molecule has 0 heterocycles. The molecule has 2 amide bonds. The van der Waals surface area contributed by atoms with Crippen molar-refractivity contribution in [2.45, 2.75) is 6.92 Å². The zero-order valence-electron chi connectivity index (χ0n) is 15.3. The number of halogens is 1. The summed E-state index contributed by atoms with van der Waals surface area (Å²) in [4.78, 5) is 45.8. The van der Waals surface area contributed by atoms with Gasteiger partial charge in [0.05, 0.1) is 5.56 Å². The van der Waals surface area contributed by atoms with Crippen molar-refractivity contribution in [3.8, 4) is 0 Å². The number of anilines is 2. The zero-order chi connectivity index (χ0) is 21.4. The summed E-state index contributed by atoms with van der Waals surface area (Å²) in [5.74, 6) is -3.11. The molecule has 2 rings (SSSR count). The number of aryl methyl sites for hydroxylation is 1. The summed E-state index contributed by atoms with van der Waals surface area (Å²) < 4.78 is 4.96. The van der Waals surface area contributed by atoms with E-state index in [1.165, 1.54) is 24.3 Å². The van der Waals surface area contributed by atoms with Crippen LogP contribution in [-0.2, 0) is 19.1 Å². The van der Waals surface area contributed by atoms with Crippen LogP contribution in [0.25, 0.3) is 0 Å². The van der Waals surface area contributed by atoms with Crippen molar-refractivity contribution in [1.82, 2.24) is 0 Å². The van der Waals surface area contributed by atoms with Gasteiger partial charge in [-0.05, 0) is 55.0 Å². The average molecular weight is 417 g/mol. The number of hydrogen-bond donors (Lipinski definition) is 3. The van der Waals surface area contributed by atoms with Crippen molar-refractivity contribution in [2.24, 2.45) is 0 Å². The molecule has 0 atom stereocenters. The van der Waals surface area contributed by atoms with E-state index in [4.69, 9.17) is 21.4 Å². The Morgan fingerprint density at radius 1 is 1.00 bits per heavy atom. The lowest BCUT2D eigenvalue weighted by atomic mass is 10.2. The molecule has 8 nitrogen and oxygen atoms in total. The van der Waals surface area contributed by atoms with Gasteiger partial charge in [0.15, 0.2) is 6.61 Å². The number of carboxylic acids is 1. The maximum Gasteiger partial charge on any atom is 0.338 e. The molecule has 3 N–H and O–H groups in total.